The van der Waals surface area contributed by atoms with Crippen LogP contribution in [0, 0.1) is 0 Å². The van der Waals surface area contributed by atoms with Crippen molar-refractivity contribution in [2.45, 2.75) is 25.6 Å². The predicted octanol–water partition coefficient (Wildman–Crippen LogP) is 0.411. The van der Waals surface area contributed by atoms with Crippen LogP contribution in [0.2, 0.25) is 0 Å². The van der Waals surface area contributed by atoms with Crippen molar-refractivity contribution in [3.63, 3.8) is 0 Å². The van der Waals surface area contributed by atoms with Crippen LogP contribution >= 0.6 is 0 Å². The van der Waals surface area contributed by atoms with Gasteiger partial charge in [-0.1, -0.05) is 6.92 Å². The van der Waals surface area contributed by atoms with Gasteiger partial charge in [-0.25, -0.2) is 4.90 Å². The third-order valence-corrected chi connectivity index (χ3v) is 2.22. The number of fused-ring (bicyclic) bond motifs is 1. The molecule has 58 valence electrons. The van der Waals surface area contributed by atoms with Gasteiger partial charge in [0.25, 0.3) is 0 Å². The summed E-state index contributed by atoms with van der Waals surface area (Å²) in [5, 5.41) is 0. The highest BCUT2D eigenvalue weighted by Gasteiger charge is 2.37. The second-order valence-corrected chi connectivity index (χ2v) is 2.86. The minimum atomic E-state index is 0.326. The van der Waals surface area contributed by atoms with E-state index in [-0.39, 0.29) is 0 Å². The first-order chi connectivity index (χ1) is 4.92. The van der Waals surface area contributed by atoms with E-state index in [2.05, 4.69) is 11.8 Å². The lowest BCUT2D eigenvalue weighted by Crippen LogP contribution is -2.32. The number of hydrogen-bond acceptors (Lipinski definition) is 3. The van der Waals surface area contributed by atoms with Crippen LogP contribution < -0.4 is 0 Å². The predicted molar refractivity (Wildman–Crippen MR) is 36.5 cm³/mol. The molecule has 0 radical (unpaired) electrons. The molecule has 0 N–H and O–H groups in total. The lowest BCUT2D eigenvalue weighted by Gasteiger charge is -2.17. The van der Waals surface area contributed by atoms with Gasteiger partial charge in [0.05, 0.1) is 19.3 Å². The fraction of sp³-hybridized carbons (Fsp3) is 1.00. The molecule has 0 aliphatic carbocycles. The largest absolute Gasteiger partial charge is 0.364 e. The molecule has 2 rings (SSSR count). The van der Waals surface area contributed by atoms with Crippen LogP contribution in [0.1, 0.15) is 13.3 Å². The van der Waals surface area contributed by atoms with Crippen molar-refractivity contribution in [3.05, 3.63) is 0 Å². The minimum Gasteiger partial charge on any atom is -0.364 e. The molecule has 2 heterocycles. The Morgan fingerprint density at radius 2 is 2.40 bits per heavy atom. The number of ether oxygens (including phenoxy) is 2. The topological polar surface area (TPSA) is 21.7 Å². The molecule has 0 aromatic rings. The molecular formula is C7H13NO2. The van der Waals surface area contributed by atoms with E-state index in [1.807, 2.05) is 0 Å². The summed E-state index contributed by atoms with van der Waals surface area (Å²) in [7, 11) is 0. The molecule has 0 saturated carbocycles. The van der Waals surface area contributed by atoms with Crippen molar-refractivity contribution in [2.75, 3.05) is 19.9 Å². The maximum absolute atomic E-state index is 5.52. The van der Waals surface area contributed by atoms with Crippen molar-refractivity contribution in [1.82, 2.24) is 4.90 Å². The maximum atomic E-state index is 5.52. The molecule has 0 spiro atoms. The first kappa shape index (κ1) is 6.58. The highest BCUT2D eigenvalue weighted by Crippen LogP contribution is 2.23. The van der Waals surface area contributed by atoms with Crippen molar-refractivity contribution in [2.24, 2.45) is 0 Å². The van der Waals surface area contributed by atoms with Gasteiger partial charge in [-0.05, 0) is 6.42 Å². The summed E-state index contributed by atoms with van der Waals surface area (Å²) in [4.78, 5) is 2.29. The number of hydrogen-bond donors (Lipinski definition) is 0. The van der Waals surface area contributed by atoms with E-state index < -0.39 is 0 Å². The van der Waals surface area contributed by atoms with E-state index in [0.29, 0.717) is 12.3 Å². The van der Waals surface area contributed by atoms with Crippen molar-refractivity contribution < 1.29 is 9.47 Å². The number of nitrogens with zero attached hydrogens (tertiary/aromatic N) is 1. The molecule has 0 amide bonds. The quantitative estimate of drug-likeness (QED) is 0.530. The molecule has 2 saturated heterocycles. The number of rotatable bonds is 1. The molecule has 2 aliphatic heterocycles. The van der Waals surface area contributed by atoms with Crippen molar-refractivity contribution >= 4 is 0 Å². The summed E-state index contributed by atoms with van der Waals surface area (Å²) in [5.41, 5.74) is 0. The Kier molecular flexibility index (Phi) is 1.64. The van der Waals surface area contributed by atoms with Gasteiger partial charge in [-0.2, -0.15) is 0 Å². The highest BCUT2D eigenvalue weighted by atomic mass is 16.6. The molecule has 3 heteroatoms. The Labute approximate surface area is 60.9 Å². The van der Waals surface area contributed by atoms with Crippen LogP contribution in [-0.2, 0) is 9.47 Å². The summed E-state index contributed by atoms with van der Waals surface area (Å²) < 4.78 is 10.8. The Bertz CT molecular complexity index is 129. The molecule has 2 atom stereocenters. The summed E-state index contributed by atoms with van der Waals surface area (Å²) >= 11 is 0. The van der Waals surface area contributed by atoms with Gasteiger partial charge in [0.1, 0.15) is 13.0 Å². The van der Waals surface area contributed by atoms with E-state index >= 15 is 0 Å². The van der Waals surface area contributed by atoms with Crippen LogP contribution in [0.4, 0.5) is 0 Å². The fourth-order valence-electron chi connectivity index (χ4n) is 1.63. The molecule has 2 fully saturated rings. The third kappa shape index (κ3) is 0.856. The van der Waals surface area contributed by atoms with Crippen LogP contribution in [0.25, 0.3) is 0 Å². The molecule has 0 aromatic carbocycles. The van der Waals surface area contributed by atoms with Crippen LogP contribution in [0.3, 0.4) is 0 Å². The summed E-state index contributed by atoms with van der Waals surface area (Å²) in [6, 6.07) is 0.546. The van der Waals surface area contributed by atoms with E-state index in [4.69, 9.17) is 9.47 Å². The molecular weight excluding hydrogens is 130 g/mol. The molecule has 3 nitrogen and oxygen atoms in total. The second-order valence-electron chi connectivity index (χ2n) is 2.86. The van der Waals surface area contributed by atoms with E-state index in [1.165, 1.54) is 0 Å². The summed E-state index contributed by atoms with van der Waals surface area (Å²) in [5.74, 6) is 0. The Hall–Kier alpha value is -0.120. The second kappa shape index (κ2) is 2.49. The van der Waals surface area contributed by atoms with Gasteiger partial charge in [0.2, 0.25) is 0 Å². The monoisotopic (exact) mass is 143 g/mol. The molecule has 10 heavy (non-hydrogen) atoms. The van der Waals surface area contributed by atoms with E-state index in [1.54, 1.807) is 0 Å². The highest BCUT2D eigenvalue weighted by molar-refractivity contribution is 4.81. The lowest BCUT2D eigenvalue weighted by molar-refractivity contribution is -0.00580. The van der Waals surface area contributed by atoms with E-state index in [0.717, 1.165) is 26.4 Å². The molecule has 2 unspecified atom stereocenters. The Morgan fingerprint density at radius 3 is 3.20 bits per heavy atom. The summed E-state index contributed by atoms with van der Waals surface area (Å²) in [6.07, 6.45) is 1.40. The van der Waals surface area contributed by atoms with Gasteiger partial charge < -0.3 is 9.47 Å². The smallest absolute Gasteiger partial charge is 0.112 e. The maximum Gasteiger partial charge on any atom is 0.112 e. The van der Waals surface area contributed by atoms with E-state index in [9.17, 15) is 0 Å². The van der Waals surface area contributed by atoms with Gasteiger partial charge in [-0.3, -0.25) is 0 Å². The standard InChI is InChI=1S/C7H13NO2/c1-2-7-8-5-9-3-6(8)4-10-7/h6-7H,2-5H2,1H3. The van der Waals surface area contributed by atoms with Gasteiger partial charge >= 0.3 is 0 Å². The van der Waals surface area contributed by atoms with Gasteiger partial charge in [-0.15, -0.1) is 0 Å². The molecule has 0 bridgehead atoms. The van der Waals surface area contributed by atoms with Crippen molar-refractivity contribution in [1.29, 1.82) is 0 Å². The van der Waals surface area contributed by atoms with Gasteiger partial charge in [0.15, 0.2) is 0 Å². The lowest BCUT2D eigenvalue weighted by atomic mass is 10.3. The van der Waals surface area contributed by atoms with Crippen LogP contribution in [-0.4, -0.2) is 37.1 Å². The average molecular weight is 143 g/mol. The zero-order valence-electron chi connectivity index (χ0n) is 6.25. The summed E-state index contributed by atoms with van der Waals surface area (Å²) in [6.45, 7) is 4.63. The Balaban J connectivity index is 2.01. The first-order valence-corrected chi connectivity index (χ1v) is 3.87. The zero-order chi connectivity index (χ0) is 6.97. The van der Waals surface area contributed by atoms with Crippen molar-refractivity contribution in [3.8, 4) is 0 Å². The normalized spacial score (nSPS) is 40.5. The average Bonchev–Trinajstić information content (AvgIpc) is 2.44. The van der Waals surface area contributed by atoms with Crippen LogP contribution in [0.5, 0.6) is 0 Å². The SMILES string of the molecule is CCC1OCC2COCN21. The van der Waals surface area contributed by atoms with Gasteiger partial charge in [0, 0.05) is 0 Å². The molecule has 0 aromatic heterocycles. The minimum absolute atomic E-state index is 0.326. The third-order valence-electron chi connectivity index (χ3n) is 2.22. The zero-order valence-corrected chi connectivity index (χ0v) is 6.25. The Morgan fingerprint density at radius 1 is 1.50 bits per heavy atom. The molecule has 2 aliphatic rings. The first-order valence-electron chi connectivity index (χ1n) is 3.87. The fourth-order valence-corrected chi connectivity index (χ4v) is 1.63. The van der Waals surface area contributed by atoms with Crippen LogP contribution in [0.15, 0.2) is 0 Å².